The van der Waals surface area contributed by atoms with Gasteiger partial charge in [-0.3, -0.25) is 4.79 Å². The number of carbonyl (C=O) groups is 2. The molecule has 7 heteroatoms. The number of anilines is 1. The summed E-state index contributed by atoms with van der Waals surface area (Å²) in [5, 5.41) is 13.8. The van der Waals surface area contributed by atoms with Crippen LogP contribution in [-0.4, -0.2) is 41.4 Å². The Morgan fingerprint density at radius 2 is 2.00 bits per heavy atom. The van der Waals surface area contributed by atoms with Gasteiger partial charge in [0.1, 0.15) is 5.82 Å². The SMILES string of the molecule is O=C([O-])CCCC1CCN(C(=O)CCc2ccc3c(n2)NCCC3)CC1.[Na+]. The number of amides is 1. The van der Waals surface area contributed by atoms with Crippen LogP contribution in [0.4, 0.5) is 5.82 Å². The third kappa shape index (κ3) is 6.77. The number of aromatic nitrogens is 1. The first-order chi connectivity index (χ1) is 12.6. The van der Waals surface area contributed by atoms with Crippen LogP contribution in [0.1, 0.15) is 56.2 Å². The van der Waals surface area contributed by atoms with Crippen LogP contribution in [0.15, 0.2) is 12.1 Å². The Morgan fingerprint density at radius 1 is 1.22 bits per heavy atom. The van der Waals surface area contributed by atoms with Crippen molar-refractivity contribution in [2.24, 2.45) is 5.92 Å². The number of pyridine rings is 1. The number of hydrogen-bond acceptors (Lipinski definition) is 5. The predicted octanol–water partition coefficient (Wildman–Crippen LogP) is -1.46. The fourth-order valence-corrected chi connectivity index (χ4v) is 3.91. The second-order valence-corrected chi connectivity index (χ2v) is 7.43. The minimum absolute atomic E-state index is 0. The zero-order chi connectivity index (χ0) is 18.4. The van der Waals surface area contributed by atoms with Crippen molar-refractivity contribution < 1.29 is 44.3 Å². The number of nitrogens with one attached hydrogen (secondary N) is 1. The predicted molar refractivity (Wildman–Crippen MR) is 97.5 cm³/mol. The number of likely N-dealkylation sites (tertiary alicyclic amines) is 1. The minimum Gasteiger partial charge on any atom is -0.550 e. The third-order valence-electron chi connectivity index (χ3n) is 5.51. The standard InChI is InChI=1S/C20H29N3O3.Na/c24-18(23-13-10-15(11-14-23)3-1-5-19(25)26)9-8-17-7-6-16-4-2-12-21-20(16)22-17;/h6-7,15H,1-5,8-14H2,(H,21,22)(H,25,26);/q;+1/p-1. The van der Waals surface area contributed by atoms with Gasteiger partial charge in [0.15, 0.2) is 0 Å². The van der Waals surface area contributed by atoms with E-state index in [4.69, 9.17) is 0 Å². The number of rotatable bonds is 7. The molecule has 0 aromatic carbocycles. The monoisotopic (exact) mass is 381 g/mol. The van der Waals surface area contributed by atoms with Crippen LogP contribution in [0.25, 0.3) is 0 Å². The Bertz CT molecular complexity index is 645. The molecule has 1 aromatic heterocycles. The van der Waals surface area contributed by atoms with E-state index in [2.05, 4.69) is 16.4 Å². The molecule has 1 aromatic rings. The molecule has 142 valence electrons. The second kappa shape index (κ2) is 11.0. The van der Waals surface area contributed by atoms with E-state index in [0.29, 0.717) is 25.2 Å². The van der Waals surface area contributed by atoms with Gasteiger partial charge < -0.3 is 20.1 Å². The fourth-order valence-electron chi connectivity index (χ4n) is 3.91. The second-order valence-electron chi connectivity index (χ2n) is 7.43. The van der Waals surface area contributed by atoms with Crippen molar-refractivity contribution in [1.82, 2.24) is 9.88 Å². The molecule has 0 radical (unpaired) electrons. The number of fused-ring (bicyclic) bond motifs is 1. The van der Waals surface area contributed by atoms with Gasteiger partial charge >= 0.3 is 29.6 Å². The van der Waals surface area contributed by atoms with Crippen molar-refractivity contribution in [3.8, 4) is 0 Å². The first-order valence-electron chi connectivity index (χ1n) is 9.82. The molecule has 1 N–H and O–H groups in total. The number of carboxylic acid groups (broad SMARTS) is 1. The summed E-state index contributed by atoms with van der Waals surface area (Å²) in [5.41, 5.74) is 2.25. The van der Waals surface area contributed by atoms with Crippen molar-refractivity contribution in [2.45, 2.75) is 57.8 Å². The van der Waals surface area contributed by atoms with Crippen LogP contribution in [0.5, 0.6) is 0 Å². The summed E-state index contributed by atoms with van der Waals surface area (Å²) >= 11 is 0. The number of nitrogens with zero attached hydrogens (tertiary/aromatic N) is 2. The summed E-state index contributed by atoms with van der Waals surface area (Å²) in [6.07, 6.45) is 7.09. The Hall–Kier alpha value is -1.11. The van der Waals surface area contributed by atoms with Gasteiger partial charge in [-0.05, 0) is 68.9 Å². The van der Waals surface area contributed by atoms with Gasteiger partial charge in [-0.1, -0.05) is 6.07 Å². The van der Waals surface area contributed by atoms with Gasteiger partial charge in [0, 0.05) is 37.7 Å². The molecule has 1 saturated heterocycles. The molecule has 0 aliphatic carbocycles. The normalized spacial score (nSPS) is 16.8. The molecule has 27 heavy (non-hydrogen) atoms. The van der Waals surface area contributed by atoms with Gasteiger partial charge in [0.2, 0.25) is 5.91 Å². The Morgan fingerprint density at radius 3 is 2.74 bits per heavy atom. The maximum absolute atomic E-state index is 12.5. The van der Waals surface area contributed by atoms with Crippen LogP contribution in [0, 0.1) is 5.92 Å². The van der Waals surface area contributed by atoms with Gasteiger partial charge in [-0.25, -0.2) is 4.98 Å². The molecule has 1 fully saturated rings. The maximum Gasteiger partial charge on any atom is 1.00 e. The first-order valence-corrected chi connectivity index (χ1v) is 9.82. The number of carbonyl (C=O) groups excluding carboxylic acids is 2. The van der Waals surface area contributed by atoms with Crippen molar-refractivity contribution in [3.63, 3.8) is 0 Å². The van der Waals surface area contributed by atoms with E-state index in [1.54, 1.807) is 0 Å². The van der Waals surface area contributed by atoms with E-state index >= 15 is 0 Å². The number of piperidine rings is 1. The molecule has 3 heterocycles. The molecule has 6 nitrogen and oxygen atoms in total. The summed E-state index contributed by atoms with van der Waals surface area (Å²) in [4.78, 5) is 29.6. The fraction of sp³-hybridized carbons (Fsp3) is 0.650. The molecule has 2 aliphatic rings. The summed E-state index contributed by atoms with van der Waals surface area (Å²) in [5.74, 6) is 0.750. The quantitative estimate of drug-likeness (QED) is 0.584. The summed E-state index contributed by atoms with van der Waals surface area (Å²) < 4.78 is 0. The van der Waals surface area contributed by atoms with Gasteiger partial charge in [0.25, 0.3) is 0 Å². The smallest absolute Gasteiger partial charge is 0.550 e. The van der Waals surface area contributed by atoms with E-state index in [9.17, 15) is 14.7 Å². The van der Waals surface area contributed by atoms with Crippen LogP contribution < -0.4 is 40.0 Å². The molecule has 1 amide bonds. The third-order valence-corrected chi connectivity index (χ3v) is 5.51. The summed E-state index contributed by atoms with van der Waals surface area (Å²) in [6, 6.07) is 4.18. The van der Waals surface area contributed by atoms with Crippen molar-refractivity contribution in [2.75, 3.05) is 25.0 Å². The Balaban J connectivity index is 0.00000261. The van der Waals surface area contributed by atoms with Gasteiger partial charge in [-0.2, -0.15) is 0 Å². The van der Waals surface area contributed by atoms with Crippen LogP contribution in [-0.2, 0) is 22.4 Å². The van der Waals surface area contributed by atoms with Crippen LogP contribution in [0.3, 0.4) is 0 Å². The molecular formula is C20H28N3NaO3. The van der Waals surface area contributed by atoms with Gasteiger partial charge in [-0.15, -0.1) is 0 Å². The zero-order valence-corrected chi connectivity index (χ0v) is 18.3. The summed E-state index contributed by atoms with van der Waals surface area (Å²) in [7, 11) is 0. The molecule has 0 saturated carbocycles. The molecule has 0 bridgehead atoms. The number of hydrogen-bond donors (Lipinski definition) is 1. The Kier molecular flexibility index (Phi) is 9.06. The number of aryl methyl sites for hydroxylation is 2. The first kappa shape index (κ1) is 22.2. The van der Waals surface area contributed by atoms with Gasteiger partial charge in [0.05, 0.1) is 0 Å². The van der Waals surface area contributed by atoms with Crippen LogP contribution >= 0.6 is 0 Å². The van der Waals surface area contributed by atoms with Crippen molar-refractivity contribution in [1.29, 1.82) is 0 Å². The van der Waals surface area contributed by atoms with Crippen LogP contribution in [0.2, 0.25) is 0 Å². The number of carboxylic acids is 1. The largest absolute Gasteiger partial charge is 1.00 e. The molecule has 3 rings (SSSR count). The van der Waals surface area contributed by atoms with Crippen molar-refractivity contribution in [3.05, 3.63) is 23.4 Å². The maximum atomic E-state index is 12.5. The molecule has 0 spiro atoms. The average molecular weight is 381 g/mol. The van der Waals surface area contributed by atoms with E-state index in [0.717, 1.165) is 63.3 Å². The average Bonchev–Trinajstić information content (AvgIpc) is 2.66. The van der Waals surface area contributed by atoms with E-state index in [-0.39, 0.29) is 41.9 Å². The summed E-state index contributed by atoms with van der Waals surface area (Å²) in [6.45, 7) is 2.54. The van der Waals surface area contributed by atoms with E-state index in [1.807, 2.05) is 11.0 Å². The molecule has 0 atom stereocenters. The Labute approximate surface area is 183 Å². The minimum atomic E-state index is -0.969. The molecule has 2 aliphatic heterocycles. The topological polar surface area (TPSA) is 85.4 Å². The number of aliphatic carboxylic acids is 1. The molecule has 0 unspecified atom stereocenters. The van der Waals surface area contributed by atoms with E-state index < -0.39 is 5.97 Å². The van der Waals surface area contributed by atoms with Crippen molar-refractivity contribution >= 4 is 17.7 Å². The van der Waals surface area contributed by atoms with E-state index in [1.165, 1.54) is 5.56 Å². The molecular weight excluding hydrogens is 353 g/mol. The zero-order valence-electron chi connectivity index (χ0n) is 16.3.